The number of nitrogens with zero attached hydrogens (tertiary/aromatic N) is 4. The molecule has 2 saturated heterocycles. The molecule has 4 aliphatic rings. The first kappa shape index (κ1) is 21.8. The Kier molecular flexibility index (Phi) is 7.16. The van der Waals surface area contributed by atoms with Crippen LogP contribution in [-0.4, -0.2) is 111 Å². The van der Waals surface area contributed by atoms with E-state index < -0.39 is 0 Å². The molecule has 2 saturated carbocycles. The van der Waals surface area contributed by atoms with Crippen molar-refractivity contribution in [2.24, 2.45) is 10.4 Å². The van der Waals surface area contributed by atoms with E-state index in [1.54, 1.807) is 0 Å². The van der Waals surface area contributed by atoms with Crippen molar-refractivity contribution in [3.05, 3.63) is 0 Å². The van der Waals surface area contributed by atoms with Gasteiger partial charge in [-0.1, -0.05) is 12.8 Å². The zero-order chi connectivity index (χ0) is 21.0. The number of ether oxygens (including phenoxy) is 2. The number of carbonyl (C=O) groups is 1. The van der Waals surface area contributed by atoms with E-state index >= 15 is 0 Å². The van der Waals surface area contributed by atoms with Crippen molar-refractivity contribution in [3.8, 4) is 0 Å². The fraction of sp³-hybridized carbons (Fsp3) is 0.909. The highest BCUT2D eigenvalue weighted by molar-refractivity contribution is 5.81. The summed E-state index contributed by atoms with van der Waals surface area (Å²) in [6.07, 6.45) is 6.66. The highest BCUT2D eigenvalue weighted by Crippen LogP contribution is 2.54. The highest BCUT2D eigenvalue weighted by Gasteiger charge is 2.57. The number of amides is 1. The Labute approximate surface area is 180 Å². The van der Waals surface area contributed by atoms with E-state index in [0.717, 1.165) is 58.3 Å². The van der Waals surface area contributed by atoms with Gasteiger partial charge in [-0.2, -0.15) is 0 Å². The standard InChI is InChI=1S/C22H39N5O3/c1-3-30-19-16-18(22(19)6-4-5-7-22)24-21(23-2)27-10-8-25(9-11-27)17-20(28)26-12-14-29-15-13-26/h18-19H,3-17H2,1-2H3,(H,23,24). The zero-order valence-corrected chi connectivity index (χ0v) is 18.8. The molecule has 170 valence electrons. The molecule has 30 heavy (non-hydrogen) atoms. The van der Waals surface area contributed by atoms with Crippen molar-refractivity contribution in [1.29, 1.82) is 0 Å². The molecular weight excluding hydrogens is 382 g/mol. The molecule has 1 N–H and O–H groups in total. The Morgan fingerprint density at radius 3 is 2.43 bits per heavy atom. The van der Waals surface area contributed by atoms with Crippen molar-refractivity contribution in [2.45, 2.75) is 51.2 Å². The Morgan fingerprint density at radius 2 is 1.80 bits per heavy atom. The molecule has 1 amide bonds. The number of hydrogen-bond donors (Lipinski definition) is 1. The van der Waals surface area contributed by atoms with Crippen LogP contribution in [0.25, 0.3) is 0 Å². The summed E-state index contributed by atoms with van der Waals surface area (Å²) in [5.41, 5.74) is 0.304. The van der Waals surface area contributed by atoms with Crippen LogP contribution < -0.4 is 5.32 Å². The first-order valence-electron chi connectivity index (χ1n) is 11.8. The number of guanidine groups is 1. The monoisotopic (exact) mass is 421 g/mol. The minimum Gasteiger partial charge on any atom is -0.378 e. The Morgan fingerprint density at radius 1 is 1.10 bits per heavy atom. The summed E-state index contributed by atoms with van der Waals surface area (Å²) in [5.74, 6) is 1.24. The lowest BCUT2D eigenvalue weighted by Gasteiger charge is -2.55. The average Bonchev–Trinajstić information content (AvgIpc) is 3.30. The van der Waals surface area contributed by atoms with Gasteiger partial charge in [-0.05, 0) is 26.2 Å². The summed E-state index contributed by atoms with van der Waals surface area (Å²) in [5, 5.41) is 3.79. The van der Waals surface area contributed by atoms with E-state index in [0.29, 0.717) is 37.3 Å². The smallest absolute Gasteiger partial charge is 0.236 e. The summed E-state index contributed by atoms with van der Waals surface area (Å²) >= 11 is 0. The van der Waals surface area contributed by atoms with Gasteiger partial charge in [0.2, 0.25) is 5.91 Å². The molecule has 8 heteroatoms. The third-order valence-corrected chi connectivity index (χ3v) is 7.60. The second-order valence-electron chi connectivity index (χ2n) is 9.12. The average molecular weight is 422 g/mol. The van der Waals surface area contributed by atoms with Gasteiger partial charge in [0.1, 0.15) is 0 Å². The summed E-state index contributed by atoms with van der Waals surface area (Å²) in [4.78, 5) is 23.7. The highest BCUT2D eigenvalue weighted by atomic mass is 16.5. The van der Waals surface area contributed by atoms with Crippen LogP contribution in [0.5, 0.6) is 0 Å². The van der Waals surface area contributed by atoms with Crippen LogP contribution >= 0.6 is 0 Å². The first-order valence-corrected chi connectivity index (χ1v) is 11.8. The van der Waals surface area contributed by atoms with Gasteiger partial charge in [0, 0.05) is 64.4 Å². The third kappa shape index (κ3) is 4.46. The van der Waals surface area contributed by atoms with Gasteiger partial charge in [-0.15, -0.1) is 0 Å². The molecular formula is C22H39N5O3. The van der Waals surface area contributed by atoms with Crippen molar-refractivity contribution in [3.63, 3.8) is 0 Å². The second kappa shape index (κ2) is 9.83. The molecule has 2 atom stereocenters. The van der Waals surface area contributed by atoms with E-state index in [9.17, 15) is 4.79 Å². The second-order valence-corrected chi connectivity index (χ2v) is 9.12. The Bertz CT molecular complexity index is 608. The van der Waals surface area contributed by atoms with Crippen LogP contribution in [-0.2, 0) is 14.3 Å². The third-order valence-electron chi connectivity index (χ3n) is 7.60. The minimum absolute atomic E-state index is 0.230. The number of rotatable bonds is 5. The molecule has 4 rings (SSSR count). The topological polar surface area (TPSA) is 69.6 Å². The van der Waals surface area contributed by atoms with Gasteiger partial charge in [0.05, 0.1) is 25.9 Å². The summed E-state index contributed by atoms with van der Waals surface area (Å²) in [6.45, 7) is 9.80. The normalized spacial score (nSPS) is 29.9. The van der Waals surface area contributed by atoms with Gasteiger partial charge in [0.15, 0.2) is 5.96 Å². The number of morpholine rings is 1. The van der Waals surface area contributed by atoms with Crippen molar-refractivity contribution < 1.29 is 14.3 Å². The lowest BCUT2D eigenvalue weighted by atomic mass is 9.60. The Hall–Kier alpha value is -1.38. The molecule has 2 heterocycles. The SMILES string of the molecule is CCOC1CC(NC(=NC)N2CCN(CC(=O)N3CCOCC3)CC2)C12CCCC2. The number of aliphatic imine (C=N–C) groups is 1. The molecule has 0 radical (unpaired) electrons. The van der Waals surface area contributed by atoms with Crippen LogP contribution in [0.4, 0.5) is 0 Å². The molecule has 0 bridgehead atoms. The quantitative estimate of drug-likeness (QED) is 0.523. The largest absolute Gasteiger partial charge is 0.378 e. The van der Waals surface area contributed by atoms with Crippen molar-refractivity contribution >= 4 is 11.9 Å². The van der Waals surface area contributed by atoms with Crippen molar-refractivity contribution in [2.75, 3.05) is 72.7 Å². The summed E-state index contributed by atoms with van der Waals surface area (Å²) in [7, 11) is 1.89. The molecule has 2 aliphatic heterocycles. The predicted molar refractivity (Wildman–Crippen MR) is 117 cm³/mol. The number of hydrogen-bond acceptors (Lipinski definition) is 5. The van der Waals surface area contributed by atoms with Gasteiger partial charge in [-0.3, -0.25) is 14.7 Å². The van der Waals surface area contributed by atoms with E-state index in [4.69, 9.17) is 9.47 Å². The predicted octanol–water partition coefficient (Wildman–Crippen LogP) is 0.776. The van der Waals surface area contributed by atoms with Crippen molar-refractivity contribution in [1.82, 2.24) is 20.0 Å². The molecule has 2 aliphatic carbocycles. The maximum Gasteiger partial charge on any atom is 0.236 e. The molecule has 0 aromatic rings. The van der Waals surface area contributed by atoms with E-state index in [2.05, 4.69) is 27.0 Å². The number of nitrogens with one attached hydrogen (secondary N) is 1. The van der Waals surface area contributed by atoms with Gasteiger partial charge in [-0.25, -0.2) is 0 Å². The molecule has 2 unspecified atom stereocenters. The fourth-order valence-electron chi connectivity index (χ4n) is 5.76. The lowest BCUT2D eigenvalue weighted by molar-refractivity contribution is -0.136. The summed E-state index contributed by atoms with van der Waals surface area (Å²) in [6, 6.07) is 0.469. The van der Waals surface area contributed by atoms with Gasteiger partial charge >= 0.3 is 0 Å². The molecule has 1 spiro atoms. The van der Waals surface area contributed by atoms with Crippen LogP contribution in [0.2, 0.25) is 0 Å². The maximum atomic E-state index is 12.5. The number of piperazine rings is 1. The fourth-order valence-corrected chi connectivity index (χ4v) is 5.76. The van der Waals surface area contributed by atoms with Gasteiger partial charge in [0.25, 0.3) is 0 Å². The van der Waals surface area contributed by atoms with Gasteiger partial charge < -0.3 is 24.6 Å². The number of carbonyl (C=O) groups excluding carboxylic acids is 1. The van der Waals surface area contributed by atoms with Crippen LogP contribution in [0.3, 0.4) is 0 Å². The minimum atomic E-state index is 0.230. The lowest BCUT2D eigenvalue weighted by Crippen LogP contribution is -2.66. The van der Waals surface area contributed by atoms with E-state index in [-0.39, 0.29) is 5.91 Å². The van der Waals surface area contributed by atoms with Crippen LogP contribution in [0.1, 0.15) is 39.0 Å². The van der Waals surface area contributed by atoms with Crippen LogP contribution in [0, 0.1) is 5.41 Å². The van der Waals surface area contributed by atoms with E-state index in [1.165, 1.54) is 25.7 Å². The van der Waals surface area contributed by atoms with E-state index in [1.807, 2.05) is 11.9 Å². The van der Waals surface area contributed by atoms with Crippen LogP contribution in [0.15, 0.2) is 4.99 Å². The molecule has 0 aromatic carbocycles. The maximum absolute atomic E-state index is 12.5. The Balaban J connectivity index is 1.26. The first-order chi connectivity index (χ1) is 14.7. The molecule has 4 fully saturated rings. The zero-order valence-electron chi connectivity index (χ0n) is 18.8. The molecule has 8 nitrogen and oxygen atoms in total. The molecule has 0 aromatic heterocycles. The summed E-state index contributed by atoms with van der Waals surface area (Å²) < 4.78 is 11.4.